The van der Waals surface area contributed by atoms with Gasteiger partial charge in [-0.05, 0) is 37.1 Å². The average molecular weight is 485 g/mol. The topological polar surface area (TPSA) is 120 Å². The van der Waals surface area contributed by atoms with Gasteiger partial charge >= 0.3 is 0 Å². The lowest BCUT2D eigenvalue weighted by atomic mass is 10.1. The summed E-state index contributed by atoms with van der Waals surface area (Å²) in [5.74, 6) is 1.83. The van der Waals surface area contributed by atoms with E-state index in [1.54, 1.807) is 38.5 Å². The zero-order valence-electron chi connectivity index (χ0n) is 20.5. The van der Waals surface area contributed by atoms with Crippen LogP contribution in [0, 0.1) is 0 Å². The third-order valence-corrected chi connectivity index (χ3v) is 4.96. The van der Waals surface area contributed by atoms with E-state index in [0.717, 1.165) is 6.42 Å². The molecule has 0 fully saturated rings. The maximum absolute atomic E-state index is 12.0. The first-order valence-corrected chi connectivity index (χ1v) is 11.1. The minimum Gasteiger partial charge on any atom is -0.493 e. The standard InChI is InChI=1S/C25H32N4O6/c1-32-20-12-8-10-18(24(20)34-3)16-26-28-22(30)14-6-5-7-15-23(31)29-27-17-19-11-9-13-21(33-2)25(19)35-4/h8-13,16-17H,5-7,14-15H2,1-4H3,(H,28,30)(H,29,31)/b26-16+,27-17+. The fraction of sp³-hybridized carbons (Fsp3) is 0.360. The molecule has 0 heterocycles. The van der Waals surface area contributed by atoms with E-state index in [0.29, 0.717) is 59.8 Å². The van der Waals surface area contributed by atoms with Crippen LogP contribution in [0.25, 0.3) is 0 Å². The minimum absolute atomic E-state index is 0.204. The first-order chi connectivity index (χ1) is 17.0. The monoisotopic (exact) mass is 484 g/mol. The number of hydrogen-bond acceptors (Lipinski definition) is 8. The number of ether oxygens (including phenoxy) is 4. The maximum Gasteiger partial charge on any atom is 0.240 e. The Morgan fingerprint density at radius 1 is 0.686 bits per heavy atom. The summed E-state index contributed by atoms with van der Waals surface area (Å²) in [6.45, 7) is 0. The lowest BCUT2D eigenvalue weighted by molar-refractivity contribution is -0.121. The Morgan fingerprint density at radius 2 is 1.11 bits per heavy atom. The maximum atomic E-state index is 12.0. The number of hydrazone groups is 2. The predicted octanol–water partition coefficient (Wildman–Crippen LogP) is 3.27. The van der Waals surface area contributed by atoms with Gasteiger partial charge in [0.2, 0.25) is 11.8 Å². The van der Waals surface area contributed by atoms with Crippen LogP contribution in [-0.4, -0.2) is 52.7 Å². The highest BCUT2D eigenvalue weighted by Crippen LogP contribution is 2.30. The van der Waals surface area contributed by atoms with E-state index in [1.165, 1.54) is 26.6 Å². The molecule has 2 amide bonds. The molecule has 0 bridgehead atoms. The Bertz CT molecular complexity index is 957. The van der Waals surface area contributed by atoms with Gasteiger partial charge in [0.15, 0.2) is 23.0 Å². The SMILES string of the molecule is COc1cccc(/C=N/NC(=O)CCCCCC(=O)N/N=C/c2cccc(OC)c2OC)c1OC. The van der Waals surface area contributed by atoms with Crippen molar-refractivity contribution in [2.45, 2.75) is 32.1 Å². The minimum atomic E-state index is -0.204. The second kappa shape index (κ2) is 14.9. The Kier molecular flexibility index (Phi) is 11.6. The van der Waals surface area contributed by atoms with Gasteiger partial charge in [-0.1, -0.05) is 18.6 Å². The summed E-state index contributed by atoms with van der Waals surface area (Å²) in [7, 11) is 6.19. The number of nitrogens with one attached hydrogen (secondary N) is 2. The van der Waals surface area contributed by atoms with Crippen LogP contribution in [0.15, 0.2) is 46.6 Å². The van der Waals surface area contributed by atoms with Crippen molar-refractivity contribution in [1.29, 1.82) is 0 Å². The molecule has 0 unspecified atom stereocenters. The highest BCUT2D eigenvalue weighted by atomic mass is 16.5. The van der Waals surface area contributed by atoms with Crippen molar-refractivity contribution in [2.24, 2.45) is 10.2 Å². The van der Waals surface area contributed by atoms with Crippen LogP contribution in [0.4, 0.5) is 0 Å². The predicted molar refractivity (Wildman–Crippen MR) is 134 cm³/mol. The largest absolute Gasteiger partial charge is 0.493 e. The molecule has 0 spiro atoms. The summed E-state index contributed by atoms with van der Waals surface area (Å²) in [4.78, 5) is 24.0. The second-order valence-electron chi connectivity index (χ2n) is 7.31. The van der Waals surface area contributed by atoms with Crippen molar-refractivity contribution in [1.82, 2.24) is 10.9 Å². The van der Waals surface area contributed by atoms with E-state index in [-0.39, 0.29) is 11.8 Å². The molecule has 0 aliphatic carbocycles. The number of hydrogen-bond donors (Lipinski definition) is 2. The van der Waals surface area contributed by atoms with E-state index in [4.69, 9.17) is 18.9 Å². The molecule has 0 radical (unpaired) electrons. The summed E-state index contributed by atoms with van der Waals surface area (Å²) in [6, 6.07) is 10.8. The van der Waals surface area contributed by atoms with Crippen LogP contribution in [0.5, 0.6) is 23.0 Å². The summed E-state index contributed by atoms with van der Waals surface area (Å²) < 4.78 is 21.1. The molecule has 35 heavy (non-hydrogen) atoms. The van der Waals surface area contributed by atoms with E-state index in [2.05, 4.69) is 21.1 Å². The molecule has 2 rings (SSSR count). The first kappa shape index (κ1) is 27.2. The molecule has 188 valence electrons. The Hall–Kier alpha value is -4.08. The number of carbonyl (C=O) groups is 2. The van der Waals surface area contributed by atoms with Gasteiger partial charge in [-0.3, -0.25) is 9.59 Å². The van der Waals surface area contributed by atoms with Crippen molar-refractivity contribution >= 4 is 24.2 Å². The highest BCUT2D eigenvalue weighted by molar-refractivity contribution is 5.87. The van der Waals surface area contributed by atoms with Crippen LogP contribution in [0.3, 0.4) is 0 Å². The molecule has 0 aliphatic rings. The number of carbonyl (C=O) groups excluding carboxylic acids is 2. The smallest absolute Gasteiger partial charge is 0.240 e. The zero-order valence-corrected chi connectivity index (χ0v) is 20.5. The van der Waals surface area contributed by atoms with E-state index >= 15 is 0 Å². The highest BCUT2D eigenvalue weighted by Gasteiger charge is 2.09. The van der Waals surface area contributed by atoms with Crippen molar-refractivity contribution in [3.8, 4) is 23.0 Å². The molecule has 2 N–H and O–H groups in total. The van der Waals surface area contributed by atoms with E-state index in [9.17, 15) is 9.59 Å². The number of nitrogens with zero attached hydrogens (tertiary/aromatic N) is 2. The van der Waals surface area contributed by atoms with Gasteiger partial charge in [0.25, 0.3) is 0 Å². The summed E-state index contributed by atoms with van der Waals surface area (Å²) in [6.07, 6.45) is 5.63. The van der Waals surface area contributed by atoms with Crippen molar-refractivity contribution in [3.05, 3.63) is 47.5 Å². The fourth-order valence-electron chi connectivity index (χ4n) is 3.23. The average Bonchev–Trinajstić information content (AvgIpc) is 2.87. The molecule has 0 saturated heterocycles. The Morgan fingerprint density at radius 3 is 1.49 bits per heavy atom. The molecule has 2 aromatic carbocycles. The van der Waals surface area contributed by atoms with Crippen LogP contribution in [-0.2, 0) is 9.59 Å². The van der Waals surface area contributed by atoms with E-state index in [1.807, 2.05) is 12.1 Å². The van der Waals surface area contributed by atoms with Crippen molar-refractivity contribution in [3.63, 3.8) is 0 Å². The lowest BCUT2D eigenvalue weighted by Gasteiger charge is -2.09. The first-order valence-electron chi connectivity index (χ1n) is 11.1. The van der Waals surface area contributed by atoms with Crippen molar-refractivity contribution in [2.75, 3.05) is 28.4 Å². The van der Waals surface area contributed by atoms with Gasteiger partial charge in [-0.15, -0.1) is 0 Å². The van der Waals surface area contributed by atoms with Gasteiger partial charge in [0.1, 0.15) is 0 Å². The van der Waals surface area contributed by atoms with Gasteiger partial charge in [-0.2, -0.15) is 10.2 Å². The summed E-state index contributed by atoms with van der Waals surface area (Å²) in [5, 5.41) is 7.96. The van der Waals surface area contributed by atoms with Gasteiger partial charge in [-0.25, -0.2) is 10.9 Å². The Balaban J connectivity index is 1.66. The van der Waals surface area contributed by atoms with Crippen molar-refractivity contribution < 1.29 is 28.5 Å². The summed E-state index contributed by atoms with van der Waals surface area (Å²) in [5.41, 5.74) is 6.37. The van der Waals surface area contributed by atoms with Gasteiger partial charge in [0.05, 0.1) is 40.9 Å². The number of rotatable bonds is 14. The second-order valence-corrected chi connectivity index (χ2v) is 7.31. The van der Waals surface area contributed by atoms with Gasteiger partial charge < -0.3 is 18.9 Å². The number of unbranched alkanes of at least 4 members (excludes halogenated alkanes) is 2. The number of methoxy groups -OCH3 is 4. The third-order valence-electron chi connectivity index (χ3n) is 4.96. The van der Waals surface area contributed by atoms with Crippen LogP contribution in [0.1, 0.15) is 43.2 Å². The summed E-state index contributed by atoms with van der Waals surface area (Å²) >= 11 is 0. The molecular weight excluding hydrogens is 452 g/mol. The Labute approximate surface area is 205 Å². The molecule has 0 aromatic heterocycles. The zero-order chi connectivity index (χ0) is 25.5. The molecule has 0 saturated carbocycles. The van der Waals surface area contributed by atoms with E-state index < -0.39 is 0 Å². The van der Waals surface area contributed by atoms with Crippen LogP contribution >= 0.6 is 0 Å². The van der Waals surface area contributed by atoms with Crippen LogP contribution in [0.2, 0.25) is 0 Å². The van der Waals surface area contributed by atoms with Crippen LogP contribution < -0.4 is 29.8 Å². The molecule has 0 aliphatic heterocycles. The lowest BCUT2D eigenvalue weighted by Crippen LogP contribution is -2.18. The molecule has 10 heteroatoms. The quantitative estimate of drug-likeness (QED) is 0.241. The fourth-order valence-corrected chi connectivity index (χ4v) is 3.23. The number of para-hydroxylation sites is 2. The molecule has 2 aromatic rings. The van der Waals surface area contributed by atoms with Gasteiger partial charge in [0, 0.05) is 24.0 Å². The normalized spacial score (nSPS) is 10.9. The molecule has 10 nitrogen and oxygen atoms in total. The molecular formula is C25H32N4O6. The third kappa shape index (κ3) is 8.65. The number of amides is 2. The number of benzene rings is 2. The molecule has 0 atom stereocenters.